The van der Waals surface area contributed by atoms with E-state index in [1.807, 2.05) is 18.2 Å². The molecule has 1 atom stereocenters. The van der Waals surface area contributed by atoms with Crippen LogP contribution in [0, 0.1) is 11.3 Å². The lowest BCUT2D eigenvalue weighted by molar-refractivity contribution is 0.415. The standard InChI is InChI=1S/C18H18N2O/c1-21-17-8-4-7-15(12-19)18(17)20-16-10-9-13-5-2-3-6-14(13)11-16/h2-8,16,20H,9-11H2,1H3. The Morgan fingerprint density at radius 1 is 1.14 bits per heavy atom. The fraction of sp³-hybridized carbons (Fsp3) is 0.278. The molecule has 21 heavy (non-hydrogen) atoms. The summed E-state index contributed by atoms with van der Waals surface area (Å²) in [7, 11) is 1.64. The summed E-state index contributed by atoms with van der Waals surface area (Å²) in [5.74, 6) is 0.730. The first-order valence-corrected chi connectivity index (χ1v) is 7.22. The van der Waals surface area contributed by atoms with Gasteiger partial charge in [0.05, 0.1) is 18.4 Å². The van der Waals surface area contributed by atoms with Crippen molar-refractivity contribution in [3.05, 3.63) is 59.2 Å². The first kappa shape index (κ1) is 13.5. The minimum atomic E-state index is 0.336. The first-order chi connectivity index (χ1) is 10.3. The van der Waals surface area contributed by atoms with Crippen molar-refractivity contribution in [2.45, 2.75) is 25.3 Å². The van der Waals surface area contributed by atoms with Crippen LogP contribution in [0.4, 0.5) is 5.69 Å². The lowest BCUT2D eigenvalue weighted by Gasteiger charge is -2.27. The number of nitrogens with zero attached hydrogens (tertiary/aromatic N) is 1. The maximum Gasteiger partial charge on any atom is 0.143 e. The summed E-state index contributed by atoms with van der Waals surface area (Å²) < 4.78 is 5.39. The predicted molar refractivity (Wildman–Crippen MR) is 83.6 cm³/mol. The molecule has 3 rings (SSSR count). The largest absolute Gasteiger partial charge is 0.495 e. The molecule has 0 fully saturated rings. The van der Waals surface area contributed by atoms with Crippen molar-refractivity contribution in [1.29, 1.82) is 5.26 Å². The minimum Gasteiger partial charge on any atom is -0.495 e. The summed E-state index contributed by atoms with van der Waals surface area (Å²) in [6, 6.07) is 16.7. The van der Waals surface area contributed by atoms with E-state index in [0.29, 0.717) is 11.6 Å². The van der Waals surface area contributed by atoms with Gasteiger partial charge in [-0.15, -0.1) is 0 Å². The van der Waals surface area contributed by atoms with Crippen molar-refractivity contribution in [1.82, 2.24) is 0 Å². The second-order valence-corrected chi connectivity index (χ2v) is 5.35. The number of hydrogen-bond donors (Lipinski definition) is 1. The van der Waals surface area contributed by atoms with Crippen LogP contribution < -0.4 is 10.1 Å². The molecule has 1 unspecified atom stereocenters. The minimum absolute atomic E-state index is 0.336. The fourth-order valence-electron chi connectivity index (χ4n) is 2.97. The third-order valence-electron chi connectivity index (χ3n) is 4.06. The molecular formula is C18H18N2O. The molecule has 0 bridgehead atoms. The van der Waals surface area contributed by atoms with Crippen molar-refractivity contribution in [3.8, 4) is 11.8 Å². The van der Waals surface area contributed by atoms with Gasteiger partial charge in [-0.05, 0) is 42.5 Å². The van der Waals surface area contributed by atoms with Gasteiger partial charge in [-0.25, -0.2) is 0 Å². The van der Waals surface area contributed by atoms with Gasteiger partial charge in [0.1, 0.15) is 11.8 Å². The van der Waals surface area contributed by atoms with Gasteiger partial charge in [0.15, 0.2) is 0 Å². The normalized spacial score (nSPS) is 16.7. The fourth-order valence-corrected chi connectivity index (χ4v) is 2.97. The second kappa shape index (κ2) is 5.88. The van der Waals surface area contributed by atoms with E-state index in [0.717, 1.165) is 30.7 Å². The average molecular weight is 278 g/mol. The Balaban J connectivity index is 1.84. The summed E-state index contributed by atoms with van der Waals surface area (Å²) in [5, 5.41) is 12.8. The van der Waals surface area contributed by atoms with Gasteiger partial charge >= 0.3 is 0 Å². The van der Waals surface area contributed by atoms with Crippen molar-refractivity contribution >= 4 is 5.69 Å². The summed E-state index contributed by atoms with van der Waals surface area (Å²) in [6.45, 7) is 0. The van der Waals surface area contributed by atoms with E-state index in [2.05, 4.69) is 35.7 Å². The highest BCUT2D eigenvalue weighted by Crippen LogP contribution is 2.31. The SMILES string of the molecule is COc1cccc(C#N)c1NC1CCc2ccccc2C1. The second-order valence-electron chi connectivity index (χ2n) is 5.35. The Bertz CT molecular complexity index is 688. The summed E-state index contributed by atoms with van der Waals surface area (Å²) in [6.07, 6.45) is 3.13. The number of aryl methyl sites for hydroxylation is 1. The maximum atomic E-state index is 9.28. The van der Waals surface area contributed by atoms with E-state index in [4.69, 9.17) is 4.74 Å². The quantitative estimate of drug-likeness (QED) is 0.934. The smallest absolute Gasteiger partial charge is 0.143 e. The molecule has 0 amide bonds. The zero-order chi connectivity index (χ0) is 14.7. The maximum absolute atomic E-state index is 9.28. The summed E-state index contributed by atoms with van der Waals surface area (Å²) in [4.78, 5) is 0. The highest BCUT2D eigenvalue weighted by atomic mass is 16.5. The van der Waals surface area contributed by atoms with Crippen LogP contribution >= 0.6 is 0 Å². The van der Waals surface area contributed by atoms with Crippen LogP contribution in [0.1, 0.15) is 23.1 Å². The van der Waals surface area contributed by atoms with Gasteiger partial charge < -0.3 is 10.1 Å². The third kappa shape index (κ3) is 2.71. The monoisotopic (exact) mass is 278 g/mol. The van der Waals surface area contributed by atoms with Crippen molar-refractivity contribution in [2.24, 2.45) is 0 Å². The van der Waals surface area contributed by atoms with Gasteiger partial charge in [0.25, 0.3) is 0 Å². The molecule has 1 aliphatic carbocycles. The third-order valence-corrected chi connectivity index (χ3v) is 4.06. The molecule has 1 N–H and O–H groups in total. The number of anilines is 1. The first-order valence-electron chi connectivity index (χ1n) is 7.22. The van der Waals surface area contributed by atoms with Crippen molar-refractivity contribution in [3.63, 3.8) is 0 Å². The molecule has 0 spiro atoms. The van der Waals surface area contributed by atoms with Gasteiger partial charge in [0.2, 0.25) is 0 Å². The number of nitrogens with one attached hydrogen (secondary N) is 1. The van der Waals surface area contributed by atoms with Crippen molar-refractivity contribution < 1.29 is 4.74 Å². The molecule has 1 aliphatic rings. The zero-order valence-electron chi connectivity index (χ0n) is 12.1. The molecule has 3 nitrogen and oxygen atoms in total. The molecule has 0 saturated carbocycles. The molecule has 3 heteroatoms. The van der Waals surface area contributed by atoms with E-state index in [9.17, 15) is 5.26 Å². The van der Waals surface area contributed by atoms with Crippen LogP contribution in [0.15, 0.2) is 42.5 Å². The number of benzene rings is 2. The number of para-hydroxylation sites is 1. The van der Waals surface area contributed by atoms with E-state index in [1.165, 1.54) is 11.1 Å². The molecule has 0 aromatic heterocycles. The summed E-state index contributed by atoms with van der Waals surface area (Å²) >= 11 is 0. The zero-order valence-corrected chi connectivity index (χ0v) is 12.1. The van der Waals surface area contributed by atoms with Crippen LogP contribution in [0.2, 0.25) is 0 Å². The molecule has 0 heterocycles. The van der Waals surface area contributed by atoms with Crippen molar-refractivity contribution in [2.75, 3.05) is 12.4 Å². The van der Waals surface area contributed by atoms with Gasteiger partial charge in [-0.1, -0.05) is 30.3 Å². The molecule has 106 valence electrons. The Kier molecular flexibility index (Phi) is 3.79. The van der Waals surface area contributed by atoms with Crippen LogP contribution in [0.3, 0.4) is 0 Å². The topological polar surface area (TPSA) is 45.0 Å². The number of methoxy groups -OCH3 is 1. The van der Waals surface area contributed by atoms with Gasteiger partial charge in [-0.2, -0.15) is 5.26 Å². The molecule has 0 aliphatic heterocycles. The average Bonchev–Trinajstić information content (AvgIpc) is 2.55. The van der Waals surface area contributed by atoms with Gasteiger partial charge in [-0.3, -0.25) is 0 Å². The number of nitriles is 1. The molecular weight excluding hydrogens is 260 g/mol. The van der Waals surface area contributed by atoms with Crippen LogP contribution in [-0.2, 0) is 12.8 Å². The Labute approximate surface area is 125 Å². The number of rotatable bonds is 3. The highest BCUT2D eigenvalue weighted by Gasteiger charge is 2.20. The molecule has 0 radical (unpaired) electrons. The van der Waals surface area contributed by atoms with E-state index >= 15 is 0 Å². The van der Waals surface area contributed by atoms with E-state index in [1.54, 1.807) is 7.11 Å². The lowest BCUT2D eigenvalue weighted by atomic mass is 9.88. The summed E-state index contributed by atoms with van der Waals surface area (Å²) in [5.41, 5.74) is 4.28. The van der Waals surface area contributed by atoms with Gasteiger partial charge in [0, 0.05) is 6.04 Å². The Hall–Kier alpha value is -2.47. The Morgan fingerprint density at radius 2 is 1.95 bits per heavy atom. The number of hydrogen-bond acceptors (Lipinski definition) is 3. The van der Waals surface area contributed by atoms with Crippen LogP contribution in [-0.4, -0.2) is 13.2 Å². The van der Waals surface area contributed by atoms with Crippen LogP contribution in [0.25, 0.3) is 0 Å². The molecule has 2 aromatic rings. The Morgan fingerprint density at radius 3 is 2.71 bits per heavy atom. The van der Waals surface area contributed by atoms with E-state index in [-0.39, 0.29) is 0 Å². The lowest BCUT2D eigenvalue weighted by Crippen LogP contribution is -2.27. The molecule has 0 saturated heterocycles. The van der Waals surface area contributed by atoms with E-state index < -0.39 is 0 Å². The highest BCUT2D eigenvalue weighted by molar-refractivity contribution is 5.67. The number of fused-ring (bicyclic) bond motifs is 1. The predicted octanol–water partition coefficient (Wildman–Crippen LogP) is 3.54. The number of ether oxygens (including phenoxy) is 1. The van der Waals surface area contributed by atoms with Crippen LogP contribution in [0.5, 0.6) is 5.75 Å². The molecule has 2 aromatic carbocycles.